The molecule has 0 saturated heterocycles. The van der Waals surface area contributed by atoms with Crippen molar-refractivity contribution in [2.24, 2.45) is 0 Å². The minimum Gasteiger partial charge on any atom is -0.508 e. The highest BCUT2D eigenvalue weighted by atomic mass is 19.3. The first kappa shape index (κ1) is 8.99. The first-order valence-corrected chi connectivity index (χ1v) is 4.08. The molecule has 0 aliphatic carbocycles. The van der Waals surface area contributed by atoms with Gasteiger partial charge in [0, 0.05) is 18.4 Å². The summed E-state index contributed by atoms with van der Waals surface area (Å²) in [4.78, 5) is 0. The van der Waals surface area contributed by atoms with Crippen LogP contribution in [0.15, 0.2) is 28.7 Å². The van der Waals surface area contributed by atoms with Gasteiger partial charge in [-0.15, -0.1) is 0 Å². The first-order chi connectivity index (χ1) is 6.47. The molecule has 74 valence electrons. The number of alkyl halides is 2. The lowest BCUT2D eigenvalue weighted by Crippen LogP contribution is -2.04. The molecule has 1 heterocycles. The van der Waals surface area contributed by atoms with Gasteiger partial charge >= 0.3 is 5.92 Å². The second-order valence-electron chi connectivity index (χ2n) is 3.22. The number of phenolic OH excluding ortho intramolecular Hbond substituents is 1. The van der Waals surface area contributed by atoms with Crippen LogP contribution < -0.4 is 0 Å². The van der Waals surface area contributed by atoms with Crippen LogP contribution in [-0.2, 0) is 5.92 Å². The molecule has 0 atom stereocenters. The van der Waals surface area contributed by atoms with Gasteiger partial charge in [0.15, 0.2) is 5.76 Å². The van der Waals surface area contributed by atoms with Crippen molar-refractivity contribution in [2.45, 2.75) is 12.8 Å². The molecular weight excluding hydrogens is 190 g/mol. The van der Waals surface area contributed by atoms with Crippen LogP contribution in [0.5, 0.6) is 5.75 Å². The third-order valence-electron chi connectivity index (χ3n) is 1.94. The molecule has 2 nitrogen and oxygen atoms in total. The molecule has 2 rings (SSSR count). The summed E-state index contributed by atoms with van der Waals surface area (Å²) in [5.74, 6) is -3.38. The van der Waals surface area contributed by atoms with E-state index >= 15 is 0 Å². The molecule has 0 fully saturated rings. The molecule has 1 aromatic heterocycles. The number of phenols is 1. The smallest absolute Gasteiger partial charge is 0.301 e. The molecule has 1 N–H and O–H groups in total. The third kappa shape index (κ3) is 1.43. The predicted molar refractivity (Wildman–Crippen MR) is 47.4 cm³/mol. The Kier molecular flexibility index (Phi) is 1.74. The lowest BCUT2D eigenvalue weighted by atomic mass is 10.2. The summed E-state index contributed by atoms with van der Waals surface area (Å²) in [6, 6.07) is 5.54. The molecule has 0 radical (unpaired) electrons. The average Bonchev–Trinajstić information content (AvgIpc) is 2.45. The van der Waals surface area contributed by atoms with Crippen LogP contribution in [0.25, 0.3) is 11.0 Å². The summed E-state index contributed by atoms with van der Waals surface area (Å²) in [5.41, 5.74) is 0.265. The lowest BCUT2D eigenvalue weighted by molar-refractivity contribution is -0.00383. The van der Waals surface area contributed by atoms with E-state index in [1.807, 2.05) is 0 Å². The van der Waals surface area contributed by atoms with Gasteiger partial charge in [-0.05, 0) is 18.2 Å². The Morgan fingerprint density at radius 3 is 2.64 bits per heavy atom. The van der Waals surface area contributed by atoms with Gasteiger partial charge in [0.2, 0.25) is 0 Å². The summed E-state index contributed by atoms with van der Waals surface area (Å²) >= 11 is 0. The van der Waals surface area contributed by atoms with E-state index < -0.39 is 11.7 Å². The van der Waals surface area contributed by atoms with Crippen molar-refractivity contribution in [1.82, 2.24) is 0 Å². The zero-order chi connectivity index (χ0) is 10.3. The van der Waals surface area contributed by atoms with Gasteiger partial charge in [-0.2, -0.15) is 8.78 Å². The number of benzene rings is 1. The Morgan fingerprint density at radius 1 is 1.29 bits per heavy atom. The summed E-state index contributed by atoms with van der Waals surface area (Å²) in [6.07, 6.45) is 0. The van der Waals surface area contributed by atoms with Crippen LogP contribution in [0.2, 0.25) is 0 Å². The summed E-state index contributed by atoms with van der Waals surface area (Å²) in [7, 11) is 0. The summed E-state index contributed by atoms with van der Waals surface area (Å²) in [6.45, 7) is 0.768. The first-order valence-electron chi connectivity index (χ1n) is 4.08. The van der Waals surface area contributed by atoms with Crippen molar-refractivity contribution in [2.75, 3.05) is 0 Å². The van der Waals surface area contributed by atoms with E-state index in [1.54, 1.807) is 0 Å². The largest absolute Gasteiger partial charge is 0.508 e. The van der Waals surface area contributed by atoms with E-state index in [0.717, 1.165) is 6.92 Å². The van der Waals surface area contributed by atoms with Gasteiger partial charge in [0.1, 0.15) is 11.3 Å². The molecule has 0 spiro atoms. The number of hydrogen-bond acceptors (Lipinski definition) is 2. The molecule has 0 saturated carbocycles. The lowest BCUT2D eigenvalue weighted by Gasteiger charge is -2.03. The second kappa shape index (κ2) is 2.70. The Labute approximate surface area is 78.8 Å². The van der Waals surface area contributed by atoms with Gasteiger partial charge in [-0.3, -0.25) is 0 Å². The average molecular weight is 198 g/mol. The third-order valence-corrected chi connectivity index (χ3v) is 1.94. The monoisotopic (exact) mass is 198 g/mol. The van der Waals surface area contributed by atoms with Gasteiger partial charge in [-0.25, -0.2) is 0 Å². The molecule has 0 bridgehead atoms. The second-order valence-corrected chi connectivity index (χ2v) is 3.22. The molecule has 2 aromatic rings. The quantitative estimate of drug-likeness (QED) is 0.762. The van der Waals surface area contributed by atoms with Crippen LogP contribution in [0.3, 0.4) is 0 Å². The van der Waals surface area contributed by atoms with E-state index in [4.69, 9.17) is 9.52 Å². The minimum absolute atomic E-state index is 0.00202. The Morgan fingerprint density at radius 2 is 2.00 bits per heavy atom. The molecule has 1 aromatic carbocycles. The van der Waals surface area contributed by atoms with E-state index in [9.17, 15) is 8.78 Å². The fraction of sp³-hybridized carbons (Fsp3) is 0.200. The van der Waals surface area contributed by atoms with E-state index in [0.29, 0.717) is 5.39 Å². The minimum atomic E-state index is -2.99. The molecule has 0 aliphatic rings. The number of halogens is 2. The Balaban J connectivity index is 2.63. The number of rotatable bonds is 1. The number of hydrogen-bond donors (Lipinski definition) is 1. The maximum absolute atomic E-state index is 12.8. The van der Waals surface area contributed by atoms with Crippen LogP contribution in [0.4, 0.5) is 8.78 Å². The standard InChI is InChI=1S/C10H8F2O2/c1-10(11,12)9-4-6-2-3-7(13)5-8(6)14-9/h2-5,13H,1H3. The highest BCUT2D eigenvalue weighted by Gasteiger charge is 2.28. The van der Waals surface area contributed by atoms with E-state index in [2.05, 4.69) is 0 Å². The Hall–Kier alpha value is -1.58. The predicted octanol–water partition coefficient (Wildman–Crippen LogP) is 3.25. The van der Waals surface area contributed by atoms with Gasteiger partial charge < -0.3 is 9.52 Å². The van der Waals surface area contributed by atoms with Gasteiger partial charge in [-0.1, -0.05) is 0 Å². The molecule has 4 heteroatoms. The van der Waals surface area contributed by atoms with Crippen LogP contribution in [-0.4, -0.2) is 5.11 Å². The number of aromatic hydroxyl groups is 1. The van der Waals surface area contributed by atoms with E-state index in [-0.39, 0.29) is 11.3 Å². The van der Waals surface area contributed by atoms with Crippen LogP contribution in [0.1, 0.15) is 12.7 Å². The highest BCUT2D eigenvalue weighted by Crippen LogP contribution is 2.33. The van der Waals surface area contributed by atoms with Crippen LogP contribution >= 0.6 is 0 Å². The SMILES string of the molecule is CC(F)(F)c1cc2ccc(O)cc2o1. The molecule has 0 unspecified atom stereocenters. The van der Waals surface area contributed by atoms with Crippen molar-refractivity contribution in [3.05, 3.63) is 30.0 Å². The summed E-state index contributed by atoms with van der Waals surface area (Å²) in [5, 5.41) is 9.65. The number of fused-ring (bicyclic) bond motifs is 1. The highest BCUT2D eigenvalue weighted by molar-refractivity contribution is 5.79. The fourth-order valence-electron chi connectivity index (χ4n) is 1.24. The van der Waals surface area contributed by atoms with Crippen LogP contribution in [0, 0.1) is 0 Å². The molecular formula is C10H8F2O2. The number of furan rings is 1. The maximum atomic E-state index is 12.8. The zero-order valence-corrected chi connectivity index (χ0v) is 7.42. The zero-order valence-electron chi connectivity index (χ0n) is 7.42. The van der Waals surface area contributed by atoms with E-state index in [1.165, 1.54) is 24.3 Å². The van der Waals surface area contributed by atoms with Crippen molar-refractivity contribution in [3.8, 4) is 5.75 Å². The van der Waals surface area contributed by atoms with Crippen molar-refractivity contribution < 1.29 is 18.3 Å². The maximum Gasteiger partial charge on any atom is 0.301 e. The molecule has 0 amide bonds. The molecule has 0 aliphatic heterocycles. The Bertz CT molecular complexity index is 468. The topological polar surface area (TPSA) is 33.4 Å². The fourth-order valence-corrected chi connectivity index (χ4v) is 1.24. The summed E-state index contributed by atoms with van der Waals surface area (Å²) < 4.78 is 30.6. The van der Waals surface area contributed by atoms with Crippen molar-refractivity contribution in [1.29, 1.82) is 0 Å². The van der Waals surface area contributed by atoms with Crippen molar-refractivity contribution in [3.63, 3.8) is 0 Å². The van der Waals surface area contributed by atoms with Gasteiger partial charge in [0.25, 0.3) is 0 Å². The van der Waals surface area contributed by atoms with Gasteiger partial charge in [0.05, 0.1) is 0 Å². The normalized spacial score (nSPS) is 12.2. The molecule has 14 heavy (non-hydrogen) atoms. The van der Waals surface area contributed by atoms with Crippen molar-refractivity contribution >= 4 is 11.0 Å².